The summed E-state index contributed by atoms with van der Waals surface area (Å²) in [6, 6.07) is 3.74. The number of fused-ring (bicyclic) bond motifs is 1. The Morgan fingerprint density at radius 3 is 2.87 bits per heavy atom. The molecule has 0 saturated carbocycles. The number of hydrogen-bond acceptors (Lipinski definition) is 3. The summed E-state index contributed by atoms with van der Waals surface area (Å²) in [5, 5.41) is 9.46. The smallest absolute Gasteiger partial charge is 0.195 e. The molecule has 0 radical (unpaired) electrons. The molecule has 5 nitrogen and oxygen atoms in total. The summed E-state index contributed by atoms with van der Waals surface area (Å²) in [5.74, 6) is 0.525. The molecule has 0 bridgehead atoms. The first kappa shape index (κ1) is 8.43. The molecule has 0 amide bonds. The van der Waals surface area contributed by atoms with Crippen molar-refractivity contribution >= 4 is 22.6 Å². The molecule has 15 heavy (non-hydrogen) atoms. The third-order valence-corrected chi connectivity index (χ3v) is 2.36. The van der Waals surface area contributed by atoms with Crippen molar-refractivity contribution in [3.63, 3.8) is 0 Å². The fourth-order valence-corrected chi connectivity index (χ4v) is 1.65. The van der Waals surface area contributed by atoms with Gasteiger partial charge in [-0.05, 0) is 12.1 Å². The second kappa shape index (κ2) is 3.06. The van der Waals surface area contributed by atoms with E-state index in [-0.39, 0.29) is 0 Å². The molecule has 0 saturated heterocycles. The van der Waals surface area contributed by atoms with Crippen molar-refractivity contribution in [1.29, 1.82) is 0 Å². The van der Waals surface area contributed by atoms with E-state index in [1.54, 1.807) is 12.4 Å². The minimum Gasteiger partial charge on any atom is -0.346 e. The van der Waals surface area contributed by atoms with Gasteiger partial charge in [-0.15, -0.1) is 4.80 Å². The van der Waals surface area contributed by atoms with E-state index in [4.69, 9.17) is 11.6 Å². The Morgan fingerprint density at radius 1 is 1.27 bits per heavy atom. The largest absolute Gasteiger partial charge is 0.346 e. The lowest BCUT2D eigenvalue weighted by atomic mass is 10.3. The molecular formula is C9H6ClN5. The van der Waals surface area contributed by atoms with E-state index in [1.807, 2.05) is 18.3 Å². The monoisotopic (exact) mass is 219 g/mol. The Bertz CT molecular complexity index is 598. The van der Waals surface area contributed by atoms with Gasteiger partial charge in [0.2, 0.25) is 0 Å². The van der Waals surface area contributed by atoms with Crippen LogP contribution >= 0.6 is 11.6 Å². The topological polar surface area (TPSA) is 59.4 Å². The van der Waals surface area contributed by atoms with E-state index in [1.165, 1.54) is 4.80 Å². The minimum absolute atomic E-state index is 0.525. The zero-order valence-corrected chi connectivity index (χ0v) is 8.31. The van der Waals surface area contributed by atoms with Crippen LogP contribution in [-0.2, 0) is 0 Å². The molecule has 6 heteroatoms. The number of aromatic nitrogens is 5. The van der Waals surface area contributed by atoms with Crippen molar-refractivity contribution in [2.75, 3.05) is 0 Å². The maximum absolute atomic E-state index is 6.07. The van der Waals surface area contributed by atoms with Gasteiger partial charge >= 0.3 is 0 Å². The molecule has 3 rings (SSSR count). The van der Waals surface area contributed by atoms with E-state index in [2.05, 4.69) is 20.2 Å². The van der Waals surface area contributed by atoms with Gasteiger partial charge in [0.05, 0.1) is 17.4 Å². The predicted octanol–water partition coefficient (Wildman–Crippen LogP) is 1.80. The van der Waals surface area contributed by atoms with Crippen LogP contribution in [0.5, 0.6) is 0 Å². The van der Waals surface area contributed by atoms with Gasteiger partial charge in [0.1, 0.15) is 5.65 Å². The Morgan fingerprint density at radius 2 is 2.07 bits per heavy atom. The first-order chi connectivity index (χ1) is 7.34. The highest BCUT2D eigenvalue weighted by molar-refractivity contribution is 6.32. The first-order valence-electron chi connectivity index (χ1n) is 4.35. The molecule has 0 aliphatic heterocycles. The second-order valence-electron chi connectivity index (χ2n) is 3.03. The van der Waals surface area contributed by atoms with Crippen molar-refractivity contribution in [1.82, 2.24) is 25.0 Å². The summed E-state index contributed by atoms with van der Waals surface area (Å²) in [6.45, 7) is 0. The highest BCUT2D eigenvalue weighted by atomic mass is 35.5. The molecule has 74 valence electrons. The van der Waals surface area contributed by atoms with Crippen LogP contribution in [0.2, 0.25) is 5.02 Å². The van der Waals surface area contributed by atoms with Gasteiger partial charge in [-0.25, -0.2) is 4.98 Å². The molecule has 1 N–H and O–H groups in total. The van der Waals surface area contributed by atoms with E-state index >= 15 is 0 Å². The van der Waals surface area contributed by atoms with Crippen LogP contribution in [-0.4, -0.2) is 25.0 Å². The molecule has 3 aromatic rings. The summed E-state index contributed by atoms with van der Waals surface area (Å²) in [4.78, 5) is 8.73. The maximum atomic E-state index is 6.07. The number of H-pyrrole nitrogens is 1. The van der Waals surface area contributed by atoms with Crippen molar-refractivity contribution in [3.8, 4) is 5.82 Å². The first-order valence-corrected chi connectivity index (χ1v) is 4.73. The number of pyridine rings is 1. The average molecular weight is 220 g/mol. The molecule has 0 spiro atoms. The van der Waals surface area contributed by atoms with E-state index in [0.717, 1.165) is 11.0 Å². The third kappa shape index (κ3) is 1.28. The summed E-state index contributed by atoms with van der Waals surface area (Å²) in [5.41, 5.74) is 0.770. The molecule has 0 aliphatic carbocycles. The number of nitrogens with one attached hydrogen (secondary N) is 1. The Hall–Kier alpha value is -1.88. The molecule has 0 fully saturated rings. The lowest BCUT2D eigenvalue weighted by Crippen LogP contribution is -2.02. The lowest BCUT2D eigenvalue weighted by Gasteiger charge is -2.01. The van der Waals surface area contributed by atoms with Crippen LogP contribution in [0, 0.1) is 0 Å². The van der Waals surface area contributed by atoms with Crippen LogP contribution in [0.15, 0.2) is 30.7 Å². The van der Waals surface area contributed by atoms with Gasteiger partial charge in [-0.1, -0.05) is 11.6 Å². The Balaban J connectivity index is 2.30. The van der Waals surface area contributed by atoms with Crippen LogP contribution in [0.3, 0.4) is 0 Å². The summed E-state index contributed by atoms with van der Waals surface area (Å²) in [6.07, 6.45) is 4.97. The Kier molecular flexibility index (Phi) is 1.72. The average Bonchev–Trinajstić information content (AvgIpc) is 2.85. The van der Waals surface area contributed by atoms with E-state index in [9.17, 15) is 0 Å². The van der Waals surface area contributed by atoms with Gasteiger partial charge in [0.25, 0.3) is 0 Å². The third-order valence-electron chi connectivity index (χ3n) is 2.08. The molecular weight excluding hydrogens is 214 g/mol. The lowest BCUT2D eigenvalue weighted by molar-refractivity contribution is 0.732. The quantitative estimate of drug-likeness (QED) is 0.679. The molecule has 0 unspecified atom stereocenters. The number of aromatic amines is 1. The molecule has 0 aliphatic rings. The fraction of sp³-hybridized carbons (Fsp3) is 0. The van der Waals surface area contributed by atoms with E-state index < -0.39 is 0 Å². The maximum Gasteiger partial charge on any atom is 0.195 e. The van der Waals surface area contributed by atoms with Gasteiger partial charge in [0, 0.05) is 11.6 Å². The number of nitrogens with zero attached hydrogens (tertiary/aromatic N) is 4. The van der Waals surface area contributed by atoms with Gasteiger partial charge in [-0.2, -0.15) is 10.2 Å². The van der Waals surface area contributed by atoms with Crippen LogP contribution in [0.25, 0.3) is 16.9 Å². The van der Waals surface area contributed by atoms with Crippen LogP contribution < -0.4 is 0 Å². The minimum atomic E-state index is 0.525. The Labute approximate surface area is 89.7 Å². The normalized spacial score (nSPS) is 11.0. The zero-order valence-electron chi connectivity index (χ0n) is 7.55. The van der Waals surface area contributed by atoms with Crippen molar-refractivity contribution in [2.45, 2.75) is 0 Å². The van der Waals surface area contributed by atoms with Gasteiger partial charge < -0.3 is 4.98 Å². The zero-order chi connectivity index (χ0) is 10.3. The van der Waals surface area contributed by atoms with Crippen molar-refractivity contribution in [2.24, 2.45) is 0 Å². The fourth-order valence-electron chi connectivity index (χ4n) is 1.41. The summed E-state index contributed by atoms with van der Waals surface area (Å²) >= 11 is 6.07. The predicted molar refractivity (Wildman–Crippen MR) is 56.0 cm³/mol. The standard InChI is InChI=1S/C9H6ClN5/c10-7-5-6-1-2-11-8(6)14-9(7)15-12-3-4-13-15/h1-5H,(H,11,14). The van der Waals surface area contributed by atoms with E-state index in [0.29, 0.717) is 10.8 Å². The highest BCUT2D eigenvalue weighted by Gasteiger charge is 2.08. The van der Waals surface area contributed by atoms with Crippen LogP contribution in [0.1, 0.15) is 0 Å². The second-order valence-corrected chi connectivity index (χ2v) is 3.44. The number of hydrogen-bond donors (Lipinski definition) is 1. The summed E-state index contributed by atoms with van der Waals surface area (Å²) < 4.78 is 0. The number of halogens is 1. The number of rotatable bonds is 1. The molecule has 0 aromatic carbocycles. The van der Waals surface area contributed by atoms with Gasteiger partial charge in [-0.3, -0.25) is 0 Å². The SMILES string of the molecule is Clc1cc2cc[nH]c2nc1-n1nccn1. The van der Waals surface area contributed by atoms with Gasteiger partial charge in [0.15, 0.2) is 5.82 Å². The van der Waals surface area contributed by atoms with Crippen molar-refractivity contribution < 1.29 is 0 Å². The van der Waals surface area contributed by atoms with Crippen LogP contribution in [0.4, 0.5) is 0 Å². The van der Waals surface area contributed by atoms with Crippen molar-refractivity contribution in [3.05, 3.63) is 35.7 Å². The molecule has 0 atom stereocenters. The molecule has 3 aromatic heterocycles. The summed E-state index contributed by atoms with van der Waals surface area (Å²) in [7, 11) is 0. The highest BCUT2D eigenvalue weighted by Crippen LogP contribution is 2.21. The molecule has 3 heterocycles.